The molecule has 2 rings (SSSR count). The predicted octanol–water partition coefficient (Wildman–Crippen LogP) is 2.74. The van der Waals surface area contributed by atoms with Crippen LogP contribution in [0.25, 0.3) is 0 Å². The summed E-state index contributed by atoms with van der Waals surface area (Å²) in [4.78, 5) is 0. The maximum absolute atomic E-state index is 10.2. The second-order valence-corrected chi connectivity index (χ2v) is 6.72. The van der Waals surface area contributed by atoms with Crippen LogP contribution in [-0.4, -0.2) is 36.7 Å². The number of hydrogen-bond acceptors (Lipinski definition) is 4. The molecule has 0 aromatic heterocycles. The Hall–Kier alpha value is -1.10. The van der Waals surface area contributed by atoms with Crippen molar-refractivity contribution < 1.29 is 14.6 Å². The lowest BCUT2D eigenvalue weighted by Crippen LogP contribution is -2.45. The van der Waals surface area contributed by atoms with E-state index in [0.29, 0.717) is 18.3 Å². The largest absolute Gasteiger partial charge is 0.461 e. The van der Waals surface area contributed by atoms with Crippen molar-refractivity contribution in [3.63, 3.8) is 0 Å². The number of hydrogen-bond donors (Lipinski definition) is 2. The lowest BCUT2D eigenvalue weighted by Gasteiger charge is -2.26. The molecule has 0 bridgehead atoms. The molecule has 124 valence electrons. The van der Waals surface area contributed by atoms with E-state index in [1.165, 1.54) is 18.4 Å². The molecule has 0 saturated heterocycles. The summed E-state index contributed by atoms with van der Waals surface area (Å²) in [6.07, 6.45) is 3.58. The highest BCUT2D eigenvalue weighted by Crippen LogP contribution is 2.28. The first-order valence-corrected chi connectivity index (χ1v) is 8.26. The molecule has 1 fully saturated rings. The zero-order valence-corrected chi connectivity index (χ0v) is 14.0. The fourth-order valence-corrected chi connectivity index (χ4v) is 2.13. The second-order valence-electron chi connectivity index (χ2n) is 6.72. The third kappa shape index (κ3) is 6.77. The first kappa shape index (κ1) is 17.3. The first-order valence-electron chi connectivity index (χ1n) is 8.26. The molecule has 1 atom stereocenters. The van der Waals surface area contributed by atoms with Crippen molar-refractivity contribution in [1.82, 2.24) is 5.32 Å². The minimum atomic E-state index is -1.21. The normalized spacial score (nSPS) is 17.5. The highest BCUT2D eigenvalue weighted by molar-refractivity contribution is 5.27. The van der Waals surface area contributed by atoms with E-state index in [0.717, 1.165) is 25.6 Å². The molecule has 0 radical (unpaired) electrons. The van der Waals surface area contributed by atoms with Crippen LogP contribution in [0.3, 0.4) is 0 Å². The van der Waals surface area contributed by atoms with Crippen LogP contribution < -0.4 is 10.1 Å². The van der Waals surface area contributed by atoms with Crippen molar-refractivity contribution in [1.29, 1.82) is 0 Å². The van der Waals surface area contributed by atoms with Gasteiger partial charge in [-0.25, -0.2) is 0 Å². The van der Waals surface area contributed by atoms with Gasteiger partial charge >= 0.3 is 0 Å². The summed E-state index contributed by atoms with van der Waals surface area (Å²) in [6.45, 7) is 7.81. The van der Waals surface area contributed by atoms with E-state index < -0.39 is 5.79 Å². The molecular formula is C18H29NO3. The molecule has 1 aliphatic carbocycles. The monoisotopic (exact) mass is 307 g/mol. The molecule has 22 heavy (non-hydrogen) atoms. The Morgan fingerprint density at radius 3 is 2.55 bits per heavy atom. The van der Waals surface area contributed by atoms with Gasteiger partial charge in [0.25, 0.3) is 0 Å². The van der Waals surface area contributed by atoms with Crippen LogP contribution in [0, 0.1) is 5.92 Å². The van der Waals surface area contributed by atoms with E-state index >= 15 is 0 Å². The number of benzene rings is 1. The van der Waals surface area contributed by atoms with Gasteiger partial charge in [0.2, 0.25) is 5.79 Å². The fourth-order valence-electron chi connectivity index (χ4n) is 2.13. The van der Waals surface area contributed by atoms with Crippen LogP contribution in [0.5, 0.6) is 5.75 Å². The van der Waals surface area contributed by atoms with E-state index in [9.17, 15) is 5.11 Å². The maximum atomic E-state index is 10.2. The number of nitrogens with one attached hydrogen (secondary N) is 1. The Morgan fingerprint density at radius 1 is 1.27 bits per heavy atom. The van der Waals surface area contributed by atoms with Crippen molar-refractivity contribution >= 4 is 0 Å². The zero-order valence-electron chi connectivity index (χ0n) is 14.0. The molecule has 0 heterocycles. The standard InChI is InChI=1S/C18H29NO3/c1-14(2)19-13-18(3,20)22-17-8-6-15(7-9-17)10-11-21-12-16-4-5-16/h6-9,14,16,19-20H,4-5,10-13H2,1-3H3. The van der Waals surface area contributed by atoms with Gasteiger partial charge in [-0.05, 0) is 42.9 Å². The SMILES string of the molecule is CC(C)NCC(C)(O)Oc1ccc(CCOCC2CC2)cc1. The smallest absolute Gasteiger partial charge is 0.217 e. The molecule has 0 spiro atoms. The average Bonchev–Trinajstić information content (AvgIpc) is 3.27. The lowest BCUT2D eigenvalue weighted by atomic mass is 10.1. The Labute approximate surface area is 133 Å². The number of aliphatic hydroxyl groups is 1. The van der Waals surface area contributed by atoms with Crippen LogP contribution >= 0.6 is 0 Å². The fraction of sp³-hybridized carbons (Fsp3) is 0.667. The van der Waals surface area contributed by atoms with Crippen LogP contribution in [0.2, 0.25) is 0 Å². The Bertz CT molecular complexity index is 438. The summed E-state index contributed by atoms with van der Waals surface area (Å²) in [5.74, 6) is 0.287. The van der Waals surface area contributed by atoms with Crippen molar-refractivity contribution in [2.45, 2.75) is 51.9 Å². The average molecular weight is 307 g/mol. The van der Waals surface area contributed by atoms with Gasteiger partial charge in [0.05, 0.1) is 13.2 Å². The van der Waals surface area contributed by atoms with Crippen LogP contribution in [0.15, 0.2) is 24.3 Å². The summed E-state index contributed by atoms with van der Waals surface area (Å²) < 4.78 is 11.3. The molecule has 2 N–H and O–H groups in total. The Kier molecular flexibility index (Phi) is 6.24. The molecule has 4 nitrogen and oxygen atoms in total. The molecule has 1 aromatic rings. The third-order valence-corrected chi connectivity index (χ3v) is 3.68. The quantitative estimate of drug-likeness (QED) is 0.515. The van der Waals surface area contributed by atoms with Gasteiger partial charge in [0.15, 0.2) is 0 Å². The molecule has 0 amide bonds. The van der Waals surface area contributed by atoms with E-state index in [-0.39, 0.29) is 0 Å². The Morgan fingerprint density at radius 2 is 1.95 bits per heavy atom. The van der Waals surface area contributed by atoms with Crippen LogP contribution in [0.1, 0.15) is 39.2 Å². The summed E-state index contributed by atoms with van der Waals surface area (Å²) in [6, 6.07) is 8.18. The summed E-state index contributed by atoms with van der Waals surface area (Å²) >= 11 is 0. The first-order chi connectivity index (χ1) is 10.4. The van der Waals surface area contributed by atoms with Crippen molar-refractivity contribution in [3.8, 4) is 5.75 Å². The van der Waals surface area contributed by atoms with Gasteiger partial charge < -0.3 is 19.9 Å². The zero-order chi connectivity index (χ0) is 16.0. The highest BCUT2D eigenvalue weighted by Gasteiger charge is 2.22. The van der Waals surface area contributed by atoms with E-state index in [1.54, 1.807) is 6.92 Å². The minimum Gasteiger partial charge on any atom is -0.461 e. The lowest BCUT2D eigenvalue weighted by molar-refractivity contribution is -0.118. The van der Waals surface area contributed by atoms with Gasteiger partial charge in [-0.15, -0.1) is 0 Å². The van der Waals surface area contributed by atoms with Crippen molar-refractivity contribution in [2.75, 3.05) is 19.8 Å². The van der Waals surface area contributed by atoms with E-state index in [2.05, 4.69) is 5.32 Å². The van der Waals surface area contributed by atoms with Gasteiger partial charge in [0.1, 0.15) is 5.75 Å². The molecule has 1 saturated carbocycles. The van der Waals surface area contributed by atoms with Gasteiger partial charge in [0, 0.05) is 19.6 Å². The van der Waals surface area contributed by atoms with Crippen LogP contribution in [-0.2, 0) is 11.2 Å². The van der Waals surface area contributed by atoms with Crippen molar-refractivity contribution in [2.24, 2.45) is 5.92 Å². The molecular weight excluding hydrogens is 278 g/mol. The second kappa shape index (κ2) is 7.95. The molecule has 1 aromatic carbocycles. The Balaban J connectivity index is 1.72. The summed E-state index contributed by atoms with van der Waals surface area (Å²) in [5, 5.41) is 13.4. The molecule has 4 heteroatoms. The summed E-state index contributed by atoms with van der Waals surface area (Å²) in [5.41, 5.74) is 1.23. The molecule has 0 aliphatic heterocycles. The van der Waals surface area contributed by atoms with Gasteiger partial charge in [-0.3, -0.25) is 0 Å². The minimum absolute atomic E-state index is 0.313. The van der Waals surface area contributed by atoms with Crippen molar-refractivity contribution in [3.05, 3.63) is 29.8 Å². The van der Waals surface area contributed by atoms with Gasteiger partial charge in [-0.2, -0.15) is 0 Å². The molecule has 1 unspecified atom stereocenters. The highest BCUT2D eigenvalue weighted by atomic mass is 16.6. The topological polar surface area (TPSA) is 50.7 Å². The van der Waals surface area contributed by atoms with E-state index in [4.69, 9.17) is 9.47 Å². The van der Waals surface area contributed by atoms with Gasteiger partial charge in [-0.1, -0.05) is 26.0 Å². The maximum Gasteiger partial charge on any atom is 0.217 e. The summed E-state index contributed by atoms with van der Waals surface area (Å²) in [7, 11) is 0. The predicted molar refractivity (Wildman–Crippen MR) is 88.1 cm³/mol. The molecule has 1 aliphatic rings. The third-order valence-electron chi connectivity index (χ3n) is 3.68. The number of ether oxygens (including phenoxy) is 2. The number of rotatable bonds is 10. The van der Waals surface area contributed by atoms with Crippen LogP contribution in [0.4, 0.5) is 0 Å². The van der Waals surface area contributed by atoms with E-state index in [1.807, 2.05) is 38.1 Å².